The normalized spacial score (nSPS) is 22.6. The number of benzene rings is 1. The van der Waals surface area contributed by atoms with Gasteiger partial charge in [-0.2, -0.15) is 4.73 Å². The molecule has 40 heavy (non-hydrogen) atoms. The van der Waals surface area contributed by atoms with Crippen LogP contribution in [-0.4, -0.2) is 47.0 Å². The lowest BCUT2D eigenvalue weighted by molar-refractivity contribution is -0.617. The molecule has 1 saturated heterocycles. The summed E-state index contributed by atoms with van der Waals surface area (Å²) in [4.78, 5) is 29.3. The van der Waals surface area contributed by atoms with Gasteiger partial charge in [0.1, 0.15) is 17.2 Å². The summed E-state index contributed by atoms with van der Waals surface area (Å²) in [7, 11) is 0. The van der Waals surface area contributed by atoms with Gasteiger partial charge >= 0.3 is 0 Å². The van der Waals surface area contributed by atoms with Gasteiger partial charge in [0.25, 0.3) is 5.91 Å². The first-order valence-corrected chi connectivity index (χ1v) is 13.8. The van der Waals surface area contributed by atoms with Crippen LogP contribution in [0.3, 0.4) is 0 Å². The predicted octanol–water partition coefficient (Wildman–Crippen LogP) is 3.42. The van der Waals surface area contributed by atoms with E-state index in [9.17, 15) is 23.6 Å². The fourth-order valence-electron chi connectivity index (χ4n) is 6.15. The molecule has 0 radical (unpaired) electrons. The zero-order chi connectivity index (χ0) is 27.9. The van der Waals surface area contributed by atoms with Crippen LogP contribution in [0.4, 0.5) is 8.78 Å². The highest BCUT2D eigenvalue weighted by Crippen LogP contribution is 2.44. The van der Waals surface area contributed by atoms with Gasteiger partial charge in [0.2, 0.25) is 11.6 Å². The number of piperidine rings is 1. The van der Waals surface area contributed by atoms with Gasteiger partial charge in [-0.3, -0.25) is 14.5 Å². The third-order valence-electron chi connectivity index (χ3n) is 8.50. The Morgan fingerprint density at radius 1 is 1.10 bits per heavy atom. The minimum atomic E-state index is -0.828. The maximum Gasteiger partial charge on any atom is 0.273 e. The second kappa shape index (κ2) is 10.6. The van der Waals surface area contributed by atoms with E-state index >= 15 is 0 Å². The van der Waals surface area contributed by atoms with Crippen molar-refractivity contribution in [3.8, 4) is 11.3 Å². The number of carbonyl (C=O) groups is 2. The number of rotatable bonds is 7. The van der Waals surface area contributed by atoms with Crippen molar-refractivity contribution in [1.29, 1.82) is 0 Å². The molecule has 2 aromatic heterocycles. The summed E-state index contributed by atoms with van der Waals surface area (Å²) in [5.74, 6) is -2.85. The molecule has 2 unspecified atom stereocenters. The monoisotopic (exact) mass is 551 g/mol. The first-order valence-electron chi connectivity index (χ1n) is 13.8. The Labute approximate surface area is 230 Å². The zero-order valence-electron chi connectivity index (χ0n) is 21.9. The second-order valence-corrected chi connectivity index (χ2v) is 11.1. The number of pyridine rings is 1. The van der Waals surface area contributed by atoms with Crippen molar-refractivity contribution in [3.05, 3.63) is 76.9 Å². The number of hydrogen-bond donors (Lipinski definition) is 2. The largest absolute Gasteiger partial charge is 0.618 e. The number of nitrogens with zero attached hydrogens (tertiary/aromatic N) is 3. The molecule has 9 nitrogen and oxygen atoms in total. The standard InChI is InChI=1S/C29H31F2N5O4/c30-18-8-9-20(22(31)15-18)25-16-24(34-40-25)28(38)32-23-10-14-35(19-5-1-2-6-19)17-21(23)27(37)33-29(11-12-29)26-7-3-4-13-36(26)39/h3-4,7-9,13,15-16,19,21,23H,1-2,5-6,10-12,14,17H2,(H,32,38)(H,33,37). The van der Waals surface area contributed by atoms with E-state index in [4.69, 9.17) is 4.52 Å². The smallest absolute Gasteiger partial charge is 0.273 e. The van der Waals surface area contributed by atoms with Crippen LogP contribution in [0.1, 0.15) is 61.1 Å². The molecule has 2 N–H and O–H groups in total. The molecular weight excluding hydrogens is 520 g/mol. The molecule has 1 aliphatic heterocycles. The lowest BCUT2D eigenvalue weighted by atomic mass is 9.89. The molecule has 2 saturated carbocycles. The van der Waals surface area contributed by atoms with Gasteiger partial charge < -0.3 is 20.4 Å². The summed E-state index contributed by atoms with van der Waals surface area (Å²) < 4.78 is 33.5. The zero-order valence-corrected chi connectivity index (χ0v) is 21.9. The second-order valence-electron chi connectivity index (χ2n) is 11.1. The van der Waals surface area contributed by atoms with Crippen LogP contribution in [0.15, 0.2) is 53.2 Å². The van der Waals surface area contributed by atoms with Crippen molar-refractivity contribution in [2.24, 2.45) is 5.92 Å². The van der Waals surface area contributed by atoms with E-state index < -0.39 is 35.0 Å². The highest BCUT2D eigenvalue weighted by atomic mass is 19.1. The van der Waals surface area contributed by atoms with E-state index in [1.54, 1.807) is 18.2 Å². The van der Waals surface area contributed by atoms with E-state index in [-0.39, 0.29) is 22.9 Å². The van der Waals surface area contributed by atoms with Gasteiger partial charge in [0.15, 0.2) is 17.7 Å². The predicted molar refractivity (Wildman–Crippen MR) is 140 cm³/mol. The van der Waals surface area contributed by atoms with E-state index in [1.165, 1.54) is 31.2 Å². The van der Waals surface area contributed by atoms with Crippen molar-refractivity contribution in [1.82, 2.24) is 20.7 Å². The number of aromatic nitrogens is 2. The molecule has 6 rings (SSSR count). The Morgan fingerprint density at radius 3 is 2.62 bits per heavy atom. The van der Waals surface area contributed by atoms with Crippen LogP contribution in [0.2, 0.25) is 0 Å². The van der Waals surface area contributed by atoms with Gasteiger partial charge in [-0.15, -0.1) is 0 Å². The van der Waals surface area contributed by atoms with Crippen LogP contribution < -0.4 is 15.4 Å². The average Bonchev–Trinajstić information content (AvgIpc) is 3.31. The van der Waals surface area contributed by atoms with Crippen LogP contribution in [0.5, 0.6) is 0 Å². The number of carbonyl (C=O) groups excluding carboxylic acids is 2. The molecule has 1 aromatic carbocycles. The van der Waals surface area contributed by atoms with Gasteiger partial charge in [0.05, 0.1) is 11.5 Å². The topological polar surface area (TPSA) is 114 Å². The molecule has 0 spiro atoms. The summed E-state index contributed by atoms with van der Waals surface area (Å²) >= 11 is 0. The van der Waals surface area contributed by atoms with E-state index in [0.717, 1.165) is 36.2 Å². The van der Waals surface area contributed by atoms with Crippen molar-refractivity contribution in [2.75, 3.05) is 13.1 Å². The highest BCUT2D eigenvalue weighted by Gasteiger charge is 2.53. The summed E-state index contributed by atoms with van der Waals surface area (Å²) in [6, 6.07) is 9.47. The van der Waals surface area contributed by atoms with Crippen molar-refractivity contribution in [2.45, 2.75) is 62.6 Å². The molecular formula is C29H31F2N5O4. The van der Waals surface area contributed by atoms with Crippen molar-refractivity contribution >= 4 is 11.8 Å². The fraction of sp³-hybridized carbons (Fsp3) is 0.448. The molecule has 2 aliphatic carbocycles. The maximum atomic E-state index is 14.2. The summed E-state index contributed by atoms with van der Waals surface area (Å²) in [6.07, 6.45) is 7.86. The van der Waals surface area contributed by atoms with Crippen LogP contribution >= 0.6 is 0 Å². The maximum absolute atomic E-state index is 14.2. The molecule has 2 amide bonds. The first-order chi connectivity index (χ1) is 19.3. The molecule has 3 fully saturated rings. The van der Waals surface area contributed by atoms with Crippen LogP contribution in [0, 0.1) is 22.8 Å². The summed E-state index contributed by atoms with van der Waals surface area (Å²) in [5.41, 5.74) is -0.270. The van der Waals surface area contributed by atoms with Gasteiger partial charge in [-0.1, -0.05) is 18.0 Å². The molecule has 0 bridgehead atoms. The molecule has 11 heteroatoms. The molecule has 3 aromatic rings. The van der Waals surface area contributed by atoms with Crippen LogP contribution in [0.25, 0.3) is 11.3 Å². The van der Waals surface area contributed by atoms with Gasteiger partial charge in [0, 0.05) is 49.4 Å². The quantitative estimate of drug-likeness (QED) is 0.344. The Hall–Kier alpha value is -3.86. The Morgan fingerprint density at radius 2 is 1.90 bits per heavy atom. The number of halogens is 2. The van der Waals surface area contributed by atoms with Gasteiger partial charge in [-0.25, -0.2) is 8.78 Å². The molecule has 3 heterocycles. The van der Waals surface area contributed by atoms with E-state index in [1.807, 2.05) is 0 Å². The molecule has 3 aliphatic rings. The fourth-order valence-corrected chi connectivity index (χ4v) is 6.15. The van der Waals surface area contributed by atoms with Gasteiger partial charge in [-0.05, 0) is 50.3 Å². The lowest BCUT2D eigenvalue weighted by Crippen LogP contribution is -2.58. The summed E-state index contributed by atoms with van der Waals surface area (Å²) in [6.45, 7) is 1.24. The minimum absolute atomic E-state index is 0.00236. The Kier molecular flexibility index (Phi) is 6.99. The summed E-state index contributed by atoms with van der Waals surface area (Å²) in [5, 5.41) is 22.3. The Bertz CT molecular complexity index is 1420. The minimum Gasteiger partial charge on any atom is -0.618 e. The number of hydrogen-bond acceptors (Lipinski definition) is 6. The van der Waals surface area contributed by atoms with E-state index in [0.29, 0.717) is 37.5 Å². The van der Waals surface area contributed by atoms with Crippen molar-refractivity contribution in [3.63, 3.8) is 0 Å². The van der Waals surface area contributed by atoms with E-state index in [2.05, 4.69) is 20.7 Å². The number of nitrogens with one attached hydrogen (secondary N) is 2. The first kappa shape index (κ1) is 26.4. The molecule has 2 atom stereocenters. The third kappa shape index (κ3) is 5.17. The highest BCUT2D eigenvalue weighted by molar-refractivity contribution is 5.94. The van der Waals surface area contributed by atoms with Crippen molar-refractivity contribution < 1.29 is 27.6 Å². The third-order valence-corrected chi connectivity index (χ3v) is 8.50. The molecule has 210 valence electrons. The SMILES string of the molecule is O=C(NC1CCN(C2CCCC2)CC1C(=O)NC1(c2cccc[n+]2[O-])CC1)c1cc(-c2ccc(F)cc2F)on1. The number of amides is 2. The number of likely N-dealkylation sites (tertiary alicyclic amines) is 1. The average molecular weight is 552 g/mol. The van der Waals surface area contributed by atoms with Crippen LogP contribution in [-0.2, 0) is 10.3 Å². The Balaban J connectivity index is 1.20. The lowest BCUT2D eigenvalue weighted by Gasteiger charge is -2.41.